The first-order valence-corrected chi connectivity index (χ1v) is 7.96. The summed E-state index contributed by atoms with van der Waals surface area (Å²) in [5.74, 6) is 0.829. The fraction of sp³-hybridized carbons (Fsp3) is 0.474. The predicted octanol–water partition coefficient (Wildman–Crippen LogP) is 4.20. The topological polar surface area (TPSA) is 44.1 Å². The van der Waals surface area contributed by atoms with Gasteiger partial charge in [-0.15, -0.1) is 0 Å². The van der Waals surface area contributed by atoms with Crippen molar-refractivity contribution in [1.29, 1.82) is 0 Å². The van der Waals surface area contributed by atoms with E-state index >= 15 is 0 Å². The molecule has 0 aliphatic heterocycles. The van der Waals surface area contributed by atoms with E-state index in [1.165, 1.54) is 16.7 Å². The van der Waals surface area contributed by atoms with Crippen LogP contribution >= 0.6 is 0 Å². The Balaban J connectivity index is 2.20. The summed E-state index contributed by atoms with van der Waals surface area (Å²) in [4.78, 5) is 16.4. The third-order valence-corrected chi connectivity index (χ3v) is 4.20. The molecule has 1 atom stereocenters. The maximum absolute atomic E-state index is 12.0. The van der Waals surface area contributed by atoms with Crippen LogP contribution in [0.5, 0.6) is 0 Å². The lowest BCUT2D eigenvalue weighted by molar-refractivity contribution is -0.157. The molecule has 0 amide bonds. The highest BCUT2D eigenvalue weighted by molar-refractivity contribution is 5.75. The van der Waals surface area contributed by atoms with Crippen molar-refractivity contribution in [2.24, 2.45) is 5.41 Å². The summed E-state index contributed by atoms with van der Waals surface area (Å²) < 4.78 is 7.31. The van der Waals surface area contributed by atoms with Crippen LogP contribution < -0.4 is 0 Å². The van der Waals surface area contributed by atoms with Crippen LogP contribution in [0.15, 0.2) is 30.6 Å². The molecule has 1 aromatic heterocycles. The van der Waals surface area contributed by atoms with E-state index in [1.54, 1.807) is 6.20 Å². The maximum Gasteiger partial charge on any atom is 0.312 e. The molecule has 1 heterocycles. The van der Waals surface area contributed by atoms with Gasteiger partial charge in [-0.25, -0.2) is 4.98 Å². The van der Waals surface area contributed by atoms with Crippen LogP contribution in [0.2, 0.25) is 0 Å². The van der Waals surface area contributed by atoms with Gasteiger partial charge < -0.3 is 9.30 Å². The minimum absolute atomic E-state index is 0.137. The quantitative estimate of drug-likeness (QED) is 0.794. The Morgan fingerprint density at radius 2 is 2.00 bits per heavy atom. The molecule has 0 N–H and O–H groups in total. The second-order valence-corrected chi connectivity index (χ2v) is 7.08. The maximum atomic E-state index is 12.0. The van der Waals surface area contributed by atoms with E-state index in [2.05, 4.69) is 44.0 Å². The monoisotopic (exact) mass is 314 g/mol. The van der Waals surface area contributed by atoms with Crippen LogP contribution in [0.4, 0.5) is 0 Å². The molecule has 1 unspecified atom stereocenters. The number of aryl methyl sites for hydroxylation is 1. The third kappa shape index (κ3) is 3.81. The number of carbonyl (C=O) groups excluding carboxylic acids is 1. The van der Waals surface area contributed by atoms with Crippen molar-refractivity contribution in [1.82, 2.24) is 9.55 Å². The zero-order valence-electron chi connectivity index (χ0n) is 14.9. The van der Waals surface area contributed by atoms with Gasteiger partial charge >= 0.3 is 5.97 Å². The van der Waals surface area contributed by atoms with Gasteiger partial charge in [-0.1, -0.05) is 25.1 Å². The summed E-state index contributed by atoms with van der Waals surface area (Å²) in [5, 5.41) is 0. The smallest absolute Gasteiger partial charge is 0.312 e. The molecule has 2 rings (SSSR count). The Hall–Kier alpha value is -2.10. The van der Waals surface area contributed by atoms with Gasteiger partial charge in [-0.2, -0.15) is 0 Å². The molecule has 0 aliphatic rings. The molecule has 0 aliphatic carbocycles. The van der Waals surface area contributed by atoms with Gasteiger partial charge in [0.05, 0.1) is 5.41 Å². The van der Waals surface area contributed by atoms with E-state index in [4.69, 9.17) is 4.74 Å². The van der Waals surface area contributed by atoms with Crippen molar-refractivity contribution >= 4 is 5.97 Å². The van der Waals surface area contributed by atoms with E-state index in [-0.39, 0.29) is 18.6 Å². The molecule has 0 fully saturated rings. The molecular formula is C19H26N2O2. The number of aromatic nitrogens is 2. The van der Waals surface area contributed by atoms with Crippen LogP contribution in [0, 0.1) is 19.3 Å². The van der Waals surface area contributed by atoms with Crippen molar-refractivity contribution in [3.05, 3.63) is 53.1 Å². The largest absolute Gasteiger partial charge is 0.443 e. The Morgan fingerprint density at radius 3 is 2.65 bits per heavy atom. The van der Waals surface area contributed by atoms with Gasteiger partial charge in [0, 0.05) is 18.3 Å². The summed E-state index contributed by atoms with van der Waals surface area (Å²) in [7, 11) is 0. The van der Waals surface area contributed by atoms with Gasteiger partial charge in [0.15, 0.2) is 6.73 Å². The zero-order valence-corrected chi connectivity index (χ0v) is 14.9. The van der Waals surface area contributed by atoms with Crippen LogP contribution in [-0.4, -0.2) is 15.5 Å². The molecule has 0 spiro atoms. The number of rotatable bonds is 4. The molecule has 0 bridgehead atoms. The number of hydrogen-bond acceptors (Lipinski definition) is 3. The highest BCUT2D eigenvalue weighted by Gasteiger charge is 2.24. The number of hydrogen-bond donors (Lipinski definition) is 0. The molecule has 0 radical (unpaired) electrons. The molecule has 4 nitrogen and oxygen atoms in total. The summed E-state index contributed by atoms with van der Waals surface area (Å²) in [6, 6.07) is 6.32. The van der Waals surface area contributed by atoms with Crippen molar-refractivity contribution in [3.63, 3.8) is 0 Å². The van der Waals surface area contributed by atoms with E-state index < -0.39 is 5.41 Å². The molecule has 0 saturated carbocycles. The number of nitrogens with zero attached hydrogens (tertiary/aromatic N) is 2. The first-order chi connectivity index (χ1) is 10.7. The molecule has 23 heavy (non-hydrogen) atoms. The molecule has 2 aromatic rings. The van der Waals surface area contributed by atoms with Crippen LogP contribution in [0.3, 0.4) is 0 Å². The molecule has 0 saturated heterocycles. The van der Waals surface area contributed by atoms with E-state index in [1.807, 2.05) is 31.5 Å². The van der Waals surface area contributed by atoms with E-state index in [0.29, 0.717) is 0 Å². The summed E-state index contributed by atoms with van der Waals surface area (Å²) >= 11 is 0. The number of esters is 1. The van der Waals surface area contributed by atoms with Crippen molar-refractivity contribution in [3.8, 4) is 0 Å². The fourth-order valence-electron chi connectivity index (χ4n) is 2.54. The minimum Gasteiger partial charge on any atom is -0.443 e. The van der Waals surface area contributed by atoms with Crippen LogP contribution in [0.25, 0.3) is 0 Å². The Labute approximate surface area is 138 Å². The second-order valence-electron chi connectivity index (χ2n) is 7.08. The van der Waals surface area contributed by atoms with E-state index in [9.17, 15) is 4.79 Å². The lowest BCUT2D eigenvalue weighted by Crippen LogP contribution is -2.24. The fourth-order valence-corrected chi connectivity index (χ4v) is 2.54. The van der Waals surface area contributed by atoms with Gasteiger partial charge in [0.25, 0.3) is 0 Å². The lowest BCUT2D eigenvalue weighted by atomic mass is 9.93. The third-order valence-electron chi connectivity index (χ3n) is 4.20. The predicted molar refractivity (Wildman–Crippen MR) is 91.2 cm³/mol. The van der Waals surface area contributed by atoms with Gasteiger partial charge in [-0.05, 0) is 51.3 Å². The SMILES string of the molecule is Cc1cccc(C(C)c2nccn2COC(=O)C(C)(C)C)c1C. The first-order valence-electron chi connectivity index (χ1n) is 7.96. The highest BCUT2D eigenvalue weighted by Crippen LogP contribution is 2.27. The average Bonchev–Trinajstić information content (AvgIpc) is 2.94. The normalized spacial score (nSPS) is 13.0. The van der Waals surface area contributed by atoms with Crippen molar-refractivity contribution < 1.29 is 9.53 Å². The Morgan fingerprint density at radius 1 is 1.30 bits per heavy atom. The minimum atomic E-state index is -0.501. The number of benzene rings is 1. The van der Waals surface area contributed by atoms with Gasteiger partial charge in [-0.3, -0.25) is 4.79 Å². The summed E-state index contributed by atoms with van der Waals surface area (Å²) in [6.45, 7) is 12.1. The molecular weight excluding hydrogens is 288 g/mol. The average molecular weight is 314 g/mol. The van der Waals surface area contributed by atoms with Gasteiger partial charge in [0.1, 0.15) is 5.82 Å². The molecule has 1 aromatic carbocycles. The number of ether oxygens (including phenoxy) is 1. The van der Waals surface area contributed by atoms with E-state index in [0.717, 1.165) is 5.82 Å². The van der Waals surface area contributed by atoms with Crippen LogP contribution in [0.1, 0.15) is 56.1 Å². The highest BCUT2D eigenvalue weighted by atomic mass is 16.5. The zero-order chi connectivity index (χ0) is 17.2. The first kappa shape index (κ1) is 17.3. The second kappa shape index (κ2) is 6.57. The summed E-state index contributed by atoms with van der Waals surface area (Å²) in [6.07, 6.45) is 3.61. The Bertz CT molecular complexity index is 696. The number of imidazole rings is 1. The molecule has 4 heteroatoms. The lowest BCUT2D eigenvalue weighted by Gasteiger charge is -2.20. The van der Waals surface area contributed by atoms with Gasteiger partial charge in [0.2, 0.25) is 0 Å². The molecule has 124 valence electrons. The van der Waals surface area contributed by atoms with Crippen LogP contribution in [-0.2, 0) is 16.3 Å². The summed E-state index contributed by atoms with van der Waals surface area (Å²) in [5.41, 5.74) is 3.30. The Kier molecular flexibility index (Phi) is 4.93. The number of carbonyl (C=O) groups is 1. The van der Waals surface area contributed by atoms with Crippen molar-refractivity contribution in [2.45, 2.75) is 54.2 Å². The van der Waals surface area contributed by atoms with Crippen molar-refractivity contribution in [2.75, 3.05) is 0 Å². The standard InChI is InChI=1S/C19H26N2O2/c1-13-8-7-9-16(14(13)2)15(3)17-20-10-11-21(17)12-23-18(22)19(4,5)6/h7-11,15H,12H2,1-6H3.